The first-order valence-electron chi connectivity index (χ1n) is 8.40. The van der Waals surface area contributed by atoms with Crippen molar-refractivity contribution in [3.05, 3.63) is 36.0 Å². The summed E-state index contributed by atoms with van der Waals surface area (Å²) >= 11 is 0. The van der Waals surface area contributed by atoms with Crippen molar-refractivity contribution in [1.82, 2.24) is 15.5 Å². The minimum absolute atomic E-state index is 0.134. The molecule has 2 aromatic rings. The summed E-state index contributed by atoms with van der Waals surface area (Å²) in [6.07, 6.45) is -1.00. The minimum Gasteiger partial charge on any atom is -0.388 e. The number of nitrogens with one attached hydrogen (secondary N) is 1. The molecule has 0 bridgehead atoms. The van der Waals surface area contributed by atoms with Gasteiger partial charge in [-0.2, -0.15) is 4.98 Å². The van der Waals surface area contributed by atoms with Gasteiger partial charge in [0.1, 0.15) is 24.1 Å². The first kappa shape index (κ1) is 17.1. The maximum atomic E-state index is 13.7. The van der Waals surface area contributed by atoms with E-state index >= 15 is 0 Å². The monoisotopic (exact) mass is 363 g/mol. The third-order valence-corrected chi connectivity index (χ3v) is 4.52. The van der Waals surface area contributed by atoms with Crippen molar-refractivity contribution in [2.24, 2.45) is 0 Å². The lowest BCUT2D eigenvalue weighted by molar-refractivity contribution is -0.122. The molecule has 2 N–H and O–H groups in total. The molecule has 1 aromatic carbocycles. The van der Waals surface area contributed by atoms with Gasteiger partial charge in [-0.05, 0) is 12.1 Å². The van der Waals surface area contributed by atoms with Crippen LogP contribution in [0.3, 0.4) is 0 Å². The van der Waals surface area contributed by atoms with Crippen LogP contribution in [0.5, 0.6) is 0 Å². The maximum Gasteiger partial charge on any atom is 0.227 e. The van der Waals surface area contributed by atoms with Gasteiger partial charge in [0.15, 0.2) is 0 Å². The number of benzene rings is 1. The molecule has 0 spiro atoms. The highest BCUT2D eigenvalue weighted by atomic mass is 19.1. The Kier molecular flexibility index (Phi) is 4.66. The van der Waals surface area contributed by atoms with Crippen LogP contribution in [0.25, 0.3) is 11.4 Å². The molecule has 26 heavy (non-hydrogen) atoms. The van der Waals surface area contributed by atoms with E-state index in [1.807, 2.05) is 0 Å². The number of hydrogen-bond acceptors (Lipinski definition) is 7. The Labute approximate surface area is 148 Å². The zero-order chi connectivity index (χ0) is 18.1. The molecule has 0 aliphatic carbocycles. The van der Waals surface area contributed by atoms with Crippen molar-refractivity contribution in [2.45, 2.75) is 37.2 Å². The summed E-state index contributed by atoms with van der Waals surface area (Å²) < 4.78 is 29.7. The molecule has 4 atom stereocenters. The normalized spacial score (nSPS) is 27.5. The van der Waals surface area contributed by atoms with Crippen molar-refractivity contribution < 1.29 is 28.3 Å². The number of ether oxygens (including phenoxy) is 2. The van der Waals surface area contributed by atoms with E-state index in [4.69, 9.17) is 14.0 Å². The van der Waals surface area contributed by atoms with Crippen LogP contribution in [0.15, 0.2) is 28.8 Å². The molecule has 4 rings (SSSR count). The zero-order valence-electron chi connectivity index (χ0n) is 13.8. The number of aromatic nitrogens is 2. The molecule has 2 aliphatic heterocycles. The number of rotatable bonds is 5. The van der Waals surface area contributed by atoms with Crippen LogP contribution in [0.2, 0.25) is 0 Å². The largest absolute Gasteiger partial charge is 0.388 e. The molecule has 1 amide bonds. The third-order valence-electron chi connectivity index (χ3n) is 4.52. The molecule has 3 heterocycles. The molecule has 0 saturated carbocycles. The van der Waals surface area contributed by atoms with E-state index in [2.05, 4.69) is 15.5 Å². The van der Waals surface area contributed by atoms with Crippen LogP contribution in [0.1, 0.15) is 12.3 Å². The second-order valence-corrected chi connectivity index (χ2v) is 6.33. The van der Waals surface area contributed by atoms with E-state index in [1.54, 1.807) is 18.2 Å². The smallest absolute Gasteiger partial charge is 0.227 e. The summed E-state index contributed by atoms with van der Waals surface area (Å²) in [6, 6.07) is 5.84. The first-order valence-corrected chi connectivity index (χ1v) is 8.40. The predicted octanol–water partition coefficient (Wildman–Crippen LogP) is 0.452. The minimum atomic E-state index is -0.655. The highest BCUT2D eigenvalue weighted by Crippen LogP contribution is 2.27. The number of aryl methyl sites for hydroxylation is 1. The Morgan fingerprint density at radius 2 is 2.08 bits per heavy atom. The number of nitrogens with zero attached hydrogens (tertiary/aromatic N) is 2. The second-order valence-electron chi connectivity index (χ2n) is 6.33. The molecule has 1 aromatic heterocycles. The molecule has 0 radical (unpaired) electrons. The molecule has 2 aliphatic rings. The maximum absolute atomic E-state index is 13.7. The summed E-state index contributed by atoms with van der Waals surface area (Å²) in [5, 5.41) is 16.3. The Morgan fingerprint density at radius 1 is 1.27 bits per heavy atom. The molecule has 8 nitrogen and oxygen atoms in total. The second kappa shape index (κ2) is 7.10. The quantitative estimate of drug-likeness (QED) is 0.794. The average Bonchev–Trinajstić information content (AvgIpc) is 3.33. The molecule has 2 saturated heterocycles. The highest BCUT2D eigenvalue weighted by molar-refractivity contribution is 5.76. The van der Waals surface area contributed by atoms with Crippen molar-refractivity contribution in [3.63, 3.8) is 0 Å². The summed E-state index contributed by atoms with van der Waals surface area (Å²) in [6.45, 7) is 0.513. The number of carbonyl (C=O) groups excluding carboxylic acids is 1. The standard InChI is InChI=1S/C17H18FN3O5/c18-10-4-2-1-3-9(10)17-20-14(26-21-17)6-5-13(23)19-11-7-24-16-12(22)8-25-15(11)16/h1-4,11-12,15-16,22H,5-8H2,(H,19,23)/t11-,12-,15-,16-/m1/s1. The highest BCUT2D eigenvalue weighted by Gasteiger charge is 2.47. The van der Waals surface area contributed by atoms with Gasteiger partial charge in [0.05, 0.1) is 24.8 Å². The molecule has 2 fully saturated rings. The van der Waals surface area contributed by atoms with Crippen LogP contribution in [-0.2, 0) is 20.7 Å². The van der Waals surface area contributed by atoms with Crippen molar-refractivity contribution in [3.8, 4) is 11.4 Å². The van der Waals surface area contributed by atoms with Gasteiger partial charge in [-0.1, -0.05) is 17.3 Å². The van der Waals surface area contributed by atoms with Crippen LogP contribution in [-0.4, -0.2) is 58.7 Å². The lowest BCUT2D eigenvalue weighted by Crippen LogP contribution is -2.44. The Bertz CT molecular complexity index is 798. The number of fused-ring (bicyclic) bond motifs is 1. The number of carbonyl (C=O) groups is 1. The zero-order valence-corrected chi connectivity index (χ0v) is 13.8. The van der Waals surface area contributed by atoms with E-state index in [0.29, 0.717) is 6.61 Å². The average molecular weight is 363 g/mol. The molecular formula is C17H18FN3O5. The van der Waals surface area contributed by atoms with Crippen molar-refractivity contribution >= 4 is 5.91 Å². The molecule has 9 heteroatoms. The summed E-state index contributed by atoms with van der Waals surface area (Å²) in [7, 11) is 0. The fourth-order valence-corrected chi connectivity index (χ4v) is 3.21. The fourth-order valence-electron chi connectivity index (χ4n) is 3.21. The fraction of sp³-hybridized carbons (Fsp3) is 0.471. The van der Waals surface area contributed by atoms with E-state index in [1.165, 1.54) is 6.07 Å². The van der Waals surface area contributed by atoms with Crippen LogP contribution in [0, 0.1) is 5.82 Å². The van der Waals surface area contributed by atoms with Crippen LogP contribution in [0.4, 0.5) is 4.39 Å². The van der Waals surface area contributed by atoms with Gasteiger partial charge in [0.25, 0.3) is 0 Å². The lowest BCUT2D eigenvalue weighted by Gasteiger charge is -2.17. The summed E-state index contributed by atoms with van der Waals surface area (Å²) in [4.78, 5) is 16.3. The van der Waals surface area contributed by atoms with Gasteiger partial charge < -0.3 is 24.4 Å². The SMILES string of the molecule is O=C(CCc1nc(-c2ccccc2F)no1)N[C@@H]1CO[C@H]2[C@@H]1OC[C@H]2O. The lowest BCUT2D eigenvalue weighted by atomic mass is 10.1. The van der Waals surface area contributed by atoms with Crippen LogP contribution >= 0.6 is 0 Å². The van der Waals surface area contributed by atoms with E-state index < -0.39 is 11.9 Å². The Morgan fingerprint density at radius 3 is 2.92 bits per heavy atom. The van der Waals surface area contributed by atoms with Crippen molar-refractivity contribution in [1.29, 1.82) is 0 Å². The van der Waals surface area contributed by atoms with Gasteiger partial charge in [0.2, 0.25) is 17.6 Å². The van der Waals surface area contributed by atoms with E-state index in [9.17, 15) is 14.3 Å². The van der Waals surface area contributed by atoms with Crippen LogP contribution < -0.4 is 5.32 Å². The molecular weight excluding hydrogens is 345 g/mol. The summed E-state index contributed by atoms with van der Waals surface area (Å²) in [5.74, 6) is -0.243. The van der Waals surface area contributed by atoms with Gasteiger partial charge in [-0.3, -0.25) is 4.79 Å². The number of aliphatic hydroxyl groups excluding tert-OH is 1. The van der Waals surface area contributed by atoms with Crippen molar-refractivity contribution in [2.75, 3.05) is 13.2 Å². The topological polar surface area (TPSA) is 107 Å². The number of halogens is 1. The third kappa shape index (κ3) is 3.33. The number of aliphatic hydroxyl groups is 1. The molecule has 0 unspecified atom stereocenters. The molecule has 138 valence electrons. The van der Waals surface area contributed by atoms with Gasteiger partial charge in [0, 0.05) is 12.8 Å². The van der Waals surface area contributed by atoms with E-state index in [0.717, 1.165) is 0 Å². The summed E-state index contributed by atoms with van der Waals surface area (Å²) in [5.41, 5.74) is 0.248. The van der Waals surface area contributed by atoms with Gasteiger partial charge in [-0.15, -0.1) is 0 Å². The number of amides is 1. The van der Waals surface area contributed by atoms with Gasteiger partial charge >= 0.3 is 0 Å². The predicted molar refractivity (Wildman–Crippen MR) is 85.4 cm³/mol. The number of hydrogen-bond donors (Lipinski definition) is 2. The van der Waals surface area contributed by atoms with E-state index in [-0.39, 0.29) is 60.9 Å². The Balaban J connectivity index is 1.31. The Hall–Kier alpha value is -2.36. The van der Waals surface area contributed by atoms with Gasteiger partial charge in [-0.25, -0.2) is 4.39 Å². The first-order chi connectivity index (χ1) is 12.6.